The maximum atomic E-state index is 11.5. The fourth-order valence-corrected chi connectivity index (χ4v) is 1.49. The van der Waals surface area contributed by atoms with Crippen LogP contribution >= 0.6 is 0 Å². The quantitative estimate of drug-likeness (QED) is 0.618. The minimum atomic E-state index is -0.440. The van der Waals surface area contributed by atoms with Gasteiger partial charge in [-0.3, -0.25) is 4.79 Å². The fraction of sp³-hybridized carbons (Fsp3) is 0.900. The van der Waals surface area contributed by atoms with Crippen molar-refractivity contribution in [1.82, 2.24) is 5.32 Å². The van der Waals surface area contributed by atoms with Crippen molar-refractivity contribution in [2.45, 2.75) is 38.5 Å². The summed E-state index contributed by atoms with van der Waals surface area (Å²) in [6.07, 6.45) is -0.248. The molecule has 0 aromatic rings. The van der Waals surface area contributed by atoms with Gasteiger partial charge in [-0.2, -0.15) is 0 Å². The van der Waals surface area contributed by atoms with Crippen LogP contribution in [0.3, 0.4) is 0 Å². The van der Waals surface area contributed by atoms with Crippen molar-refractivity contribution in [2.24, 2.45) is 0 Å². The summed E-state index contributed by atoms with van der Waals surface area (Å²) in [7, 11) is 0. The highest BCUT2D eigenvalue weighted by molar-refractivity contribution is 5.76. The number of carbonyl (C=O) groups excluding carboxylic acids is 1. The van der Waals surface area contributed by atoms with Gasteiger partial charge in [-0.05, 0) is 13.8 Å². The van der Waals surface area contributed by atoms with Gasteiger partial charge in [0, 0.05) is 19.6 Å². The fourth-order valence-electron chi connectivity index (χ4n) is 1.49. The first-order chi connectivity index (χ1) is 7.13. The lowest BCUT2D eigenvalue weighted by molar-refractivity contribution is -0.153. The molecule has 0 spiro atoms. The molecule has 0 bridgehead atoms. The van der Waals surface area contributed by atoms with Crippen LogP contribution in [0.1, 0.15) is 20.3 Å². The molecule has 1 fully saturated rings. The molecule has 1 unspecified atom stereocenters. The number of aliphatic hydroxyl groups excluding tert-OH is 1. The predicted octanol–water partition coefficient (Wildman–Crippen LogP) is -0.323. The first-order valence-corrected chi connectivity index (χ1v) is 5.33. The summed E-state index contributed by atoms with van der Waals surface area (Å²) in [6, 6.07) is -0.371. The van der Waals surface area contributed by atoms with Crippen LogP contribution in [-0.2, 0) is 14.3 Å². The molecule has 1 aliphatic heterocycles. The number of nitrogens with one attached hydrogen (secondary N) is 1. The second-order valence-corrected chi connectivity index (χ2v) is 3.76. The number of aliphatic hydroxyl groups is 1. The maximum absolute atomic E-state index is 11.5. The van der Waals surface area contributed by atoms with E-state index in [0.29, 0.717) is 26.2 Å². The van der Waals surface area contributed by atoms with Crippen LogP contribution in [-0.4, -0.2) is 49.1 Å². The van der Waals surface area contributed by atoms with E-state index in [1.165, 1.54) is 0 Å². The molecule has 0 aromatic carbocycles. The van der Waals surface area contributed by atoms with E-state index < -0.39 is 6.10 Å². The molecule has 0 saturated carbocycles. The van der Waals surface area contributed by atoms with Crippen molar-refractivity contribution < 1.29 is 19.4 Å². The summed E-state index contributed by atoms with van der Waals surface area (Å²) in [4.78, 5) is 11.5. The van der Waals surface area contributed by atoms with Gasteiger partial charge in [-0.25, -0.2) is 0 Å². The first kappa shape index (κ1) is 12.4. The molecule has 2 N–H and O–H groups in total. The highest BCUT2D eigenvalue weighted by Crippen LogP contribution is 2.09. The Morgan fingerprint density at radius 1 is 1.67 bits per heavy atom. The van der Waals surface area contributed by atoms with Gasteiger partial charge >= 0.3 is 5.97 Å². The standard InChI is InChI=1S/C10H19NO4/c1-3-14-6-7(2)15-10(13)9-4-8(12)5-11-9/h7-9,11-12H,3-6H2,1-2H3/t7?,8-,9-/m1/s1. The molecule has 5 nitrogen and oxygen atoms in total. The van der Waals surface area contributed by atoms with E-state index in [2.05, 4.69) is 5.32 Å². The number of carbonyl (C=O) groups is 1. The minimum absolute atomic E-state index is 0.239. The van der Waals surface area contributed by atoms with Crippen LogP contribution in [0, 0.1) is 0 Å². The average molecular weight is 217 g/mol. The van der Waals surface area contributed by atoms with Gasteiger partial charge in [0.1, 0.15) is 12.1 Å². The summed E-state index contributed by atoms with van der Waals surface area (Å²) in [6.45, 7) is 5.17. The number of β-amino-alcohol motifs (C(OH)–C–C–N with tert-alkyl or cyclic N) is 1. The van der Waals surface area contributed by atoms with Crippen molar-refractivity contribution in [3.05, 3.63) is 0 Å². The van der Waals surface area contributed by atoms with Gasteiger partial charge in [-0.1, -0.05) is 0 Å². The smallest absolute Gasteiger partial charge is 0.323 e. The summed E-state index contributed by atoms with van der Waals surface area (Å²) < 4.78 is 10.3. The van der Waals surface area contributed by atoms with E-state index in [4.69, 9.17) is 9.47 Å². The molecule has 0 radical (unpaired) electrons. The topological polar surface area (TPSA) is 67.8 Å². The third kappa shape index (κ3) is 4.15. The Bertz CT molecular complexity index is 210. The van der Waals surface area contributed by atoms with Crippen LogP contribution in [0.4, 0.5) is 0 Å². The van der Waals surface area contributed by atoms with Gasteiger partial charge < -0.3 is 19.9 Å². The molecule has 1 aliphatic rings. The van der Waals surface area contributed by atoms with Crippen LogP contribution < -0.4 is 5.32 Å². The molecular weight excluding hydrogens is 198 g/mol. The third-order valence-electron chi connectivity index (χ3n) is 2.27. The van der Waals surface area contributed by atoms with Gasteiger partial charge in [0.05, 0.1) is 12.7 Å². The van der Waals surface area contributed by atoms with Crippen LogP contribution in [0.25, 0.3) is 0 Å². The largest absolute Gasteiger partial charge is 0.459 e. The molecule has 88 valence electrons. The van der Waals surface area contributed by atoms with E-state index in [0.717, 1.165) is 0 Å². The zero-order valence-corrected chi connectivity index (χ0v) is 9.23. The SMILES string of the molecule is CCOCC(C)OC(=O)[C@H]1C[C@@H](O)CN1. The van der Waals surface area contributed by atoms with E-state index >= 15 is 0 Å². The van der Waals surface area contributed by atoms with Crippen molar-refractivity contribution in [3.8, 4) is 0 Å². The highest BCUT2D eigenvalue weighted by atomic mass is 16.6. The number of hydrogen-bond donors (Lipinski definition) is 2. The second-order valence-electron chi connectivity index (χ2n) is 3.76. The van der Waals surface area contributed by atoms with Crippen LogP contribution in [0.2, 0.25) is 0 Å². The predicted molar refractivity (Wildman–Crippen MR) is 54.5 cm³/mol. The van der Waals surface area contributed by atoms with E-state index in [9.17, 15) is 9.90 Å². The zero-order chi connectivity index (χ0) is 11.3. The van der Waals surface area contributed by atoms with E-state index in [1.54, 1.807) is 6.92 Å². The molecule has 0 aliphatic carbocycles. The Kier molecular flexibility index (Phi) is 5.01. The minimum Gasteiger partial charge on any atom is -0.459 e. The number of ether oxygens (including phenoxy) is 2. The van der Waals surface area contributed by atoms with Crippen LogP contribution in [0.5, 0.6) is 0 Å². The van der Waals surface area contributed by atoms with Crippen molar-refractivity contribution in [1.29, 1.82) is 0 Å². The molecule has 1 rings (SSSR count). The molecule has 0 amide bonds. The van der Waals surface area contributed by atoms with Gasteiger partial charge in [0.15, 0.2) is 0 Å². The first-order valence-electron chi connectivity index (χ1n) is 5.33. The summed E-state index contributed by atoms with van der Waals surface area (Å²) >= 11 is 0. The highest BCUT2D eigenvalue weighted by Gasteiger charge is 2.30. The molecule has 5 heteroatoms. The molecule has 1 heterocycles. The lowest BCUT2D eigenvalue weighted by atomic mass is 10.2. The Morgan fingerprint density at radius 3 is 2.93 bits per heavy atom. The van der Waals surface area contributed by atoms with Crippen molar-refractivity contribution >= 4 is 5.97 Å². The number of rotatable bonds is 5. The van der Waals surface area contributed by atoms with Crippen molar-refractivity contribution in [3.63, 3.8) is 0 Å². The lowest BCUT2D eigenvalue weighted by Crippen LogP contribution is -2.35. The van der Waals surface area contributed by atoms with Gasteiger partial charge in [0.25, 0.3) is 0 Å². The molecule has 1 saturated heterocycles. The summed E-state index contributed by atoms with van der Waals surface area (Å²) in [5.41, 5.74) is 0. The molecule has 0 aromatic heterocycles. The van der Waals surface area contributed by atoms with Gasteiger partial charge in [-0.15, -0.1) is 0 Å². The van der Waals surface area contributed by atoms with E-state index in [-0.39, 0.29) is 18.1 Å². The monoisotopic (exact) mass is 217 g/mol. The Hall–Kier alpha value is -0.650. The summed E-state index contributed by atoms with van der Waals surface area (Å²) in [5, 5.41) is 12.1. The molecular formula is C10H19NO4. The van der Waals surface area contributed by atoms with Crippen molar-refractivity contribution in [2.75, 3.05) is 19.8 Å². The van der Waals surface area contributed by atoms with E-state index in [1.807, 2.05) is 6.92 Å². The Balaban J connectivity index is 2.23. The van der Waals surface area contributed by atoms with Crippen LogP contribution in [0.15, 0.2) is 0 Å². The number of hydrogen-bond acceptors (Lipinski definition) is 5. The normalized spacial score (nSPS) is 27.7. The lowest BCUT2D eigenvalue weighted by Gasteiger charge is -2.16. The van der Waals surface area contributed by atoms with Gasteiger partial charge in [0.2, 0.25) is 0 Å². The second kappa shape index (κ2) is 6.05. The average Bonchev–Trinajstić information content (AvgIpc) is 2.61. The zero-order valence-electron chi connectivity index (χ0n) is 9.23. The third-order valence-corrected chi connectivity index (χ3v) is 2.27. The molecule has 3 atom stereocenters. The summed E-state index contributed by atoms with van der Waals surface area (Å²) in [5.74, 6) is -0.307. The Labute approximate surface area is 89.8 Å². The molecule has 15 heavy (non-hydrogen) atoms. The maximum Gasteiger partial charge on any atom is 0.323 e. The Morgan fingerprint density at radius 2 is 2.40 bits per heavy atom. The number of esters is 1.